The van der Waals surface area contributed by atoms with Gasteiger partial charge in [-0.15, -0.1) is 12.4 Å². The highest BCUT2D eigenvalue weighted by Crippen LogP contribution is 2.36. The number of hydrogen-bond acceptors (Lipinski definition) is 2. The predicted octanol–water partition coefficient (Wildman–Crippen LogP) is 3.67. The van der Waals surface area contributed by atoms with Gasteiger partial charge in [-0.25, -0.2) is 0 Å². The molecule has 6 heteroatoms. The maximum atomic E-state index is 12.7. The summed E-state index contributed by atoms with van der Waals surface area (Å²) in [6.07, 6.45) is 3.95. The Bertz CT molecular complexity index is 565. The van der Waals surface area contributed by atoms with Crippen molar-refractivity contribution in [3.63, 3.8) is 0 Å². The monoisotopic (exact) mass is 362 g/mol. The Morgan fingerprint density at radius 2 is 2.09 bits per heavy atom. The summed E-state index contributed by atoms with van der Waals surface area (Å²) < 4.78 is 0. The van der Waals surface area contributed by atoms with E-state index < -0.39 is 0 Å². The largest absolute Gasteiger partial charge is 0.338 e. The van der Waals surface area contributed by atoms with Gasteiger partial charge in [0, 0.05) is 19.0 Å². The molecular formula is C16H21Cl3N2O. The Morgan fingerprint density at radius 3 is 2.82 bits per heavy atom. The third-order valence-corrected chi connectivity index (χ3v) is 5.72. The van der Waals surface area contributed by atoms with Crippen LogP contribution in [0.5, 0.6) is 0 Å². The molecule has 0 aromatic heterocycles. The molecule has 1 aliphatic carbocycles. The lowest BCUT2D eigenvalue weighted by Crippen LogP contribution is -2.41. The van der Waals surface area contributed by atoms with Crippen molar-refractivity contribution >= 4 is 41.5 Å². The molecule has 2 N–H and O–H groups in total. The van der Waals surface area contributed by atoms with Gasteiger partial charge in [0.25, 0.3) is 0 Å². The summed E-state index contributed by atoms with van der Waals surface area (Å²) in [6.45, 7) is 1.97. The van der Waals surface area contributed by atoms with Crippen LogP contribution >= 0.6 is 35.6 Å². The number of amides is 1. The molecule has 1 heterocycles. The van der Waals surface area contributed by atoms with Gasteiger partial charge < -0.3 is 10.6 Å². The highest BCUT2D eigenvalue weighted by molar-refractivity contribution is 6.42. The van der Waals surface area contributed by atoms with Crippen LogP contribution in [-0.4, -0.2) is 23.9 Å². The molecule has 1 saturated carbocycles. The molecule has 0 spiro atoms. The first-order valence-electron chi connectivity index (χ1n) is 7.56. The molecule has 1 fully saturated rings. The number of halogens is 3. The van der Waals surface area contributed by atoms with Crippen LogP contribution in [0.2, 0.25) is 10.0 Å². The van der Waals surface area contributed by atoms with Gasteiger partial charge in [0.2, 0.25) is 5.91 Å². The Kier molecular flexibility index (Phi) is 6.00. The second kappa shape index (κ2) is 7.39. The van der Waals surface area contributed by atoms with Crippen molar-refractivity contribution in [3.05, 3.63) is 33.3 Å². The van der Waals surface area contributed by atoms with E-state index in [1.54, 1.807) is 0 Å². The average molecular weight is 364 g/mol. The zero-order valence-electron chi connectivity index (χ0n) is 12.4. The molecule has 3 rings (SSSR count). The number of fused-ring (bicyclic) bond motifs is 1. The maximum absolute atomic E-state index is 12.7. The number of carbonyl (C=O) groups excluding carboxylic acids is 1. The third-order valence-electron chi connectivity index (χ3n) is 4.88. The summed E-state index contributed by atoms with van der Waals surface area (Å²) in [6, 6.07) is 3.80. The quantitative estimate of drug-likeness (QED) is 0.871. The van der Waals surface area contributed by atoms with Gasteiger partial charge in [-0.3, -0.25) is 4.79 Å². The van der Waals surface area contributed by atoms with Crippen LogP contribution in [0.1, 0.15) is 30.4 Å². The van der Waals surface area contributed by atoms with E-state index in [0.29, 0.717) is 29.1 Å². The van der Waals surface area contributed by atoms with E-state index in [4.69, 9.17) is 28.9 Å². The lowest BCUT2D eigenvalue weighted by atomic mass is 9.92. The van der Waals surface area contributed by atoms with Gasteiger partial charge in [0.15, 0.2) is 0 Å². The SMILES string of the molecule is Cl.NC[C@H]1CCC[C@H]1C(=O)N1CCc2c(ccc(Cl)c2Cl)C1. The topological polar surface area (TPSA) is 46.3 Å². The molecule has 0 saturated heterocycles. The molecule has 0 bridgehead atoms. The van der Waals surface area contributed by atoms with Crippen molar-refractivity contribution in [2.75, 3.05) is 13.1 Å². The fourth-order valence-electron chi connectivity index (χ4n) is 3.65. The minimum atomic E-state index is 0. The molecule has 0 unspecified atom stereocenters. The number of carbonyl (C=O) groups is 1. The van der Waals surface area contributed by atoms with Crippen molar-refractivity contribution in [1.29, 1.82) is 0 Å². The minimum Gasteiger partial charge on any atom is -0.338 e. The van der Waals surface area contributed by atoms with Crippen LogP contribution < -0.4 is 5.73 Å². The van der Waals surface area contributed by atoms with Crippen molar-refractivity contribution in [1.82, 2.24) is 4.90 Å². The normalized spacial score (nSPS) is 23.9. The van der Waals surface area contributed by atoms with Gasteiger partial charge in [-0.2, -0.15) is 0 Å². The lowest BCUT2D eigenvalue weighted by Gasteiger charge is -2.33. The van der Waals surface area contributed by atoms with E-state index in [1.807, 2.05) is 17.0 Å². The van der Waals surface area contributed by atoms with E-state index in [9.17, 15) is 4.79 Å². The van der Waals surface area contributed by atoms with Crippen LogP contribution in [0.15, 0.2) is 12.1 Å². The lowest BCUT2D eigenvalue weighted by molar-refractivity contribution is -0.137. The standard InChI is InChI=1S/C16H20Cl2N2O.ClH/c17-14-5-4-11-9-20(7-6-12(11)15(14)18)16(21)13-3-1-2-10(13)8-19;/h4-5,10,13H,1-3,6-9,19H2;1H/t10-,13-;/m1./s1. The van der Waals surface area contributed by atoms with E-state index in [2.05, 4.69) is 0 Å². The zero-order chi connectivity index (χ0) is 15.0. The molecule has 2 aliphatic rings. The van der Waals surface area contributed by atoms with Crippen LogP contribution in [0.25, 0.3) is 0 Å². The van der Waals surface area contributed by atoms with E-state index in [1.165, 1.54) is 0 Å². The van der Waals surface area contributed by atoms with Gasteiger partial charge in [-0.05, 0) is 48.9 Å². The Labute approximate surface area is 147 Å². The second-order valence-electron chi connectivity index (χ2n) is 6.04. The van der Waals surface area contributed by atoms with Gasteiger partial charge in [-0.1, -0.05) is 35.7 Å². The molecule has 2 atom stereocenters. The molecule has 3 nitrogen and oxygen atoms in total. The maximum Gasteiger partial charge on any atom is 0.226 e. The number of benzene rings is 1. The van der Waals surface area contributed by atoms with Crippen LogP contribution in [-0.2, 0) is 17.8 Å². The summed E-state index contributed by atoms with van der Waals surface area (Å²) in [5.74, 6) is 0.728. The van der Waals surface area contributed by atoms with Gasteiger partial charge >= 0.3 is 0 Å². The first-order valence-corrected chi connectivity index (χ1v) is 8.32. The molecule has 1 aliphatic heterocycles. The smallest absolute Gasteiger partial charge is 0.226 e. The summed E-state index contributed by atoms with van der Waals surface area (Å²) in [4.78, 5) is 14.7. The molecular weight excluding hydrogens is 343 g/mol. The summed E-state index contributed by atoms with van der Waals surface area (Å²) in [5, 5.41) is 1.23. The molecule has 1 aromatic carbocycles. The summed E-state index contributed by atoms with van der Waals surface area (Å²) in [5.41, 5.74) is 8.01. The third kappa shape index (κ3) is 3.23. The number of hydrogen-bond donors (Lipinski definition) is 1. The van der Waals surface area contributed by atoms with Gasteiger partial charge in [0.05, 0.1) is 10.0 Å². The Morgan fingerprint density at radius 1 is 1.32 bits per heavy atom. The van der Waals surface area contributed by atoms with E-state index in [-0.39, 0.29) is 24.2 Å². The molecule has 1 aromatic rings. The van der Waals surface area contributed by atoms with Crippen LogP contribution in [0.4, 0.5) is 0 Å². The Balaban J connectivity index is 0.00000176. The predicted molar refractivity (Wildman–Crippen MR) is 92.7 cm³/mol. The summed E-state index contributed by atoms with van der Waals surface area (Å²) in [7, 11) is 0. The van der Waals surface area contributed by atoms with Gasteiger partial charge in [0.1, 0.15) is 0 Å². The minimum absolute atomic E-state index is 0. The van der Waals surface area contributed by atoms with Crippen molar-refractivity contribution in [2.45, 2.75) is 32.2 Å². The van der Waals surface area contributed by atoms with Crippen molar-refractivity contribution in [2.24, 2.45) is 17.6 Å². The average Bonchev–Trinajstić information content (AvgIpc) is 2.98. The molecule has 22 heavy (non-hydrogen) atoms. The van der Waals surface area contributed by atoms with Crippen LogP contribution in [0, 0.1) is 11.8 Å². The first kappa shape index (κ1) is 17.9. The molecule has 0 radical (unpaired) electrons. The van der Waals surface area contributed by atoms with Crippen molar-refractivity contribution < 1.29 is 4.79 Å². The van der Waals surface area contributed by atoms with Crippen molar-refractivity contribution in [3.8, 4) is 0 Å². The first-order chi connectivity index (χ1) is 10.1. The molecule has 1 amide bonds. The fourth-order valence-corrected chi connectivity index (χ4v) is 4.11. The zero-order valence-corrected chi connectivity index (χ0v) is 14.7. The molecule has 122 valence electrons. The summed E-state index contributed by atoms with van der Waals surface area (Å²) >= 11 is 12.3. The highest BCUT2D eigenvalue weighted by Gasteiger charge is 2.35. The number of nitrogens with two attached hydrogens (primary N) is 1. The second-order valence-corrected chi connectivity index (χ2v) is 6.83. The van der Waals surface area contributed by atoms with Crippen LogP contribution in [0.3, 0.4) is 0 Å². The van der Waals surface area contributed by atoms with E-state index >= 15 is 0 Å². The number of rotatable bonds is 2. The Hall–Kier alpha value is -0.480. The van der Waals surface area contributed by atoms with E-state index in [0.717, 1.165) is 43.4 Å². The highest BCUT2D eigenvalue weighted by atomic mass is 35.5. The fraction of sp³-hybridized carbons (Fsp3) is 0.562. The number of nitrogens with zero attached hydrogens (tertiary/aromatic N) is 1.